The second-order valence-corrected chi connectivity index (χ2v) is 4.34. The van der Waals surface area contributed by atoms with E-state index in [-0.39, 0.29) is 11.9 Å². The van der Waals surface area contributed by atoms with Gasteiger partial charge in [0, 0.05) is 11.9 Å². The minimum Gasteiger partial charge on any atom is -0.341 e. The van der Waals surface area contributed by atoms with E-state index in [9.17, 15) is 4.79 Å². The highest BCUT2D eigenvalue weighted by atomic mass is 32.1. The van der Waals surface area contributed by atoms with Crippen LogP contribution in [0, 0.1) is 0 Å². The van der Waals surface area contributed by atoms with Crippen molar-refractivity contribution in [2.75, 3.05) is 0 Å². The lowest BCUT2D eigenvalue weighted by Crippen LogP contribution is -2.27. The van der Waals surface area contributed by atoms with Crippen LogP contribution in [-0.4, -0.2) is 26.1 Å². The van der Waals surface area contributed by atoms with Crippen LogP contribution < -0.4 is 11.1 Å². The summed E-state index contributed by atoms with van der Waals surface area (Å²) in [6.45, 7) is 2.16. The SMILES string of the molecule is CC(NC(=O)c1csc(CN)n1)c1ncn[nH]1. The van der Waals surface area contributed by atoms with E-state index >= 15 is 0 Å². The van der Waals surface area contributed by atoms with E-state index in [1.165, 1.54) is 17.7 Å². The van der Waals surface area contributed by atoms with Crippen LogP contribution in [0.3, 0.4) is 0 Å². The number of hydrogen-bond acceptors (Lipinski definition) is 6. The maximum Gasteiger partial charge on any atom is 0.271 e. The topological polar surface area (TPSA) is 110 Å². The number of rotatable bonds is 4. The molecule has 2 heterocycles. The van der Waals surface area contributed by atoms with Gasteiger partial charge in [-0.15, -0.1) is 11.3 Å². The van der Waals surface area contributed by atoms with Gasteiger partial charge in [-0.25, -0.2) is 9.97 Å². The van der Waals surface area contributed by atoms with Crippen molar-refractivity contribution in [2.45, 2.75) is 19.5 Å². The second kappa shape index (κ2) is 5.02. The third kappa shape index (κ3) is 2.66. The molecule has 0 saturated carbocycles. The molecule has 0 aromatic carbocycles. The molecular formula is C9H12N6OS. The Kier molecular flexibility index (Phi) is 3.45. The molecule has 90 valence electrons. The molecule has 1 amide bonds. The third-order valence-electron chi connectivity index (χ3n) is 2.15. The van der Waals surface area contributed by atoms with Crippen LogP contribution in [0.4, 0.5) is 0 Å². The van der Waals surface area contributed by atoms with Gasteiger partial charge in [0.2, 0.25) is 0 Å². The van der Waals surface area contributed by atoms with E-state index in [0.29, 0.717) is 18.1 Å². The monoisotopic (exact) mass is 252 g/mol. The molecule has 1 atom stereocenters. The number of amides is 1. The first-order valence-corrected chi connectivity index (χ1v) is 5.89. The van der Waals surface area contributed by atoms with Gasteiger partial charge in [-0.2, -0.15) is 5.10 Å². The molecule has 2 rings (SSSR count). The van der Waals surface area contributed by atoms with Gasteiger partial charge in [0.15, 0.2) is 0 Å². The summed E-state index contributed by atoms with van der Waals surface area (Å²) < 4.78 is 0. The zero-order valence-corrected chi connectivity index (χ0v) is 9.99. The molecule has 0 radical (unpaired) electrons. The Labute approximate surface area is 101 Å². The lowest BCUT2D eigenvalue weighted by Gasteiger charge is -2.09. The van der Waals surface area contributed by atoms with Gasteiger partial charge in [0.1, 0.15) is 22.9 Å². The molecule has 7 nitrogen and oxygen atoms in total. The van der Waals surface area contributed by atoms with Crippen molar-refractivity contribution in [1.29, 1.82) is 0 Å². The van der Waals surface area contributed by atoms with Crippen LogP contribution in [-0.2, 0) is 6.54 Å². The summed E-state index contributed by atoms with van der Waals surface area (Å²) in [4.78, 5) is 19.9. The second-order valence-electron chi connectivity index (χ2n) is 3.40. The predicted octanol–water partition coefficient (Wildman–Crippen LogP) is 0.211. The van der Waals surface area contributed by atoms with Gasteiger partial charge in [0.05, 0.1) is 6.04 Å². The number of nitrogens with one attached hydrogen (secondary N) is 2. The molecule has 0 fully saturated rings. The van der Waals surface area contributed by atoms with Gasteiger partial charge in [-0.1, -0.05) is 0 Å². The predicted molar refractivity (Wildman–Crippen MR) is 62.3 cm³/mol. The summed E-state index contributed by atoms with van der Waals surface area (Å²) in [7, 11) is 0. The first-order valence-electron chi connectivity index (χ1n) is 5.01. The van der Waals surface area contributed by atoms with Gasteiger partial charge in [-0.05, 0) is 6.92 Å². The van der Waals surface area contributed by atoms with Crippen molar-refractivity contribution in [3.63, 3.8) is 0 Å². The average Bonchev–Trinajstić information content (AvgIpc) is 3.00. The zero-order valence-electron chi connectivity index (χ0n) is 9.17. The third-order valence-corrected chi connectivity index (χ3v) is 3.02. The molecular weight excluding hydrogens is 240 g/mol. The molecule has 0 spiro atoms. The fraction of sp³-hybridized carbons (Fsp3) is 0.333. The fourth-order valence-electron chi connectivity index (χ4n) is 1.27. The summed E-state index contributed by atoms with van der Waals surface area (Å²) in [5.74, 6) is 0.359. The van der Waals surface area contributed by atoms with Crippen LogP contribution in [0.5, 0.6) is 0 Å². The Morgan fingerprint density at radius 1 is 1.71 bits per heavy atom. The van der Waals surface area contributed by atoms with E-state index in [0.717, 1.165) is 5.01 Å². The first kappa shape index (κ1) is 11.7. The normalized spacial score (nSPS) is 12.4. The highest BCUT2D eigenvalue weighted by Crippen LogP contribution is 2.11. The van der Waals surface area contributed by atoms with Crippen molar-refractivity contribution in [3.05, 3.63) is 28.2 Å². The Morgan fingerprint density at radius 2 is 2.53 bits per heavy atom. The molecule has 2 aromatic rings. The van der Waals surface area contributed by atoms with E-state index in [4.69, 9.17) is 5.73 Å². The summed E-state index contributed by atoms with van der Waals surface area (Å²) in [5, 5.41) is 11.6. The molecule has 0 aliphatic rings. The molecule has 8 heteroatoms. The lowest BCUT2D eigenvalue weighted by molar-refractivity contribution is 0.0934. The number of aromatic nitrogens is 4. The fourth-order valence-corrected chi connectivity index (χ4v) is 1.93. The molecule has 4 N–H and O–H groups in total. The smallest absolute Gasteiger partial charge is 0.271 e. The number of thiazole rings is 1. The van der Waals surface area contributed by atoms with Crippen molar-refractivity contribution in [1.82, 2.24) is 25.5 Å². The van der Waals surface area contributed by atoms with E-state index in [1.807, 2.05) is 6.92 Å². The highest BCUT2D eigenvalue weighted by Gasteiger charge is 2.15. The van der Waals surface area contributed by atoms with Crippen molar-refractivity contribution in [3.8, 4) is 0 Å². The standard InChI is InChI=1S/C9H12N6OS/c1-5(8-11-4-12-15-8)13-9(16)6-3-17-7(2-10)14-6/h3-5H,2,10H2,1H3,(H,13,16)(H,11,12,15). The molecule has 0 bridgehead atoms. The minimum absolute atomic E-state index is 0.243. The van der Waals surface area contributed by atoms with E-state index in [2.05, 4.69) is 25.5 Å². The van der Waals surface area contributed by atoms with Crippen LogP contribution in [0.2, 0.25) is 0 Å². The van der Waals surface area contributed by atoms with E-state index in [1.54, 1.807) is 5.38 Å². The minimum atomic E-state index is -0.246. The number of nitrogens with two attached hydrogens (primary N) is 1. The van der Waals surface area contributed by atoms with Crippen molar-refractivity contribution in [2.24, 2.45) is 5.73 Å². The number of hydrogen-bond donors (Lipinski definition) is 3. The number of aromatic amines is 1. The average molecular weight is 252 g/mol. The maximum absolute atomic E-state index is 11.8. The number of H-pyrrole nitrogens is 1. The van der Waals surface area contributed by atoms with Crippen LogP contribution in [0.25, 0.3) is 0 Å². The van der Waals surface area contributed by atoms with Gasteiger partial charge < -0.3 is 11.1 Å². The Bertz CT molecular complexity index is 493. The van der Waals surface area contributed by atoms with Gasteiger partial charge in [0.25, 0.3) is 5.91 Å². The van der Waals surface area contributed by atoms with Crippen LogP contribution in [0.15, 0.2) is 11.7 Å². The summed E-state index contributed by atoms with van der Waals surface area (Å²) in [5.41, 5.74) is 5.81. The molecule has 0 aliphatic heterocycles. The Balaban J connectivity index is 2.01. The molecule has 0 saturated heterocycles. The van der Waals surface area contributed by atoms with Crippen molar-refractivity contribution < 1.29 is 4.79 Å². The van der Waals surface area contributed by atoms with Gasteiger partial charge >= 0.3 is 0 Å². The molecule has 17 heavy (non-hydrogen) atoms. The van der Waals surface area contributed by atoms with Crippen LogP contribution in [0.1, 0.15) is 34.3 Å². The molecule has 1 unspecified atom stereocenters. The molecule has 2 aromatic heterocycles. The summed E-state index contributed by atoms with van der Waals surface area (Å²) in [6.07, 6.45) is 1.40. The largest absolute Gasteiger partial charge is 0.341 e. The zero-order chi connectivity index (χ0) is 12.3. The summed E-state index contributed by atoms with van der Waals surface area (Å²) in [6, 6.07) is -0.243. The van der Waals surface area contributed by atoms with Gasteiger partial charge in [-0.3, -0.25) is 9.89 Å². The number of carbonyl (C=O) groups excluding carboxylic acids is 1. The van der Waals surface area contributed by atoms with Crippen molar-refractivity contribution >= 4 is 17.2 Å². The maximum atomic E-state index is 11.8. The van der Waals surface area contributed by atoms with Crippen LogP contribution >= 0.6 is 11.3 Å². The lowest BCUT2D eigenvalue weighted by atomic mass is 10.3. The highest BCUT2D eigenvalue weighted by molar-refractivity contribution is 7.09. The Morgan fingerprint density at radius 3 is 3.12 bits per heavy atom. The quantitative estimate of drug-likeness (QED) is 0.720. The first-order chi connectivity index (χ1) is 8.20. The molecule has 0 aliphatic carbocycles. The number of carbonyl (C=O) groups is 1. The summed E-state index contributed by atoms with van der Waals surface area (Å²) >= 11 is 1.37. The van der Waals surface area contributed by atoms with E-state index < -0.39 is 0 Å². The number of nitrogens with zero attached hydrogens (tertiary/aromatic N) is 3. The Hall–Kier alpha value is -1.80.